The number of nitro groups is 1. The molecule has 0 spiro atoms. The molecule has 4 rings (SSSR count). The lowest BCUT2D eigenvalue weighted by molar-refractivity contribution is -0.384. The number of fused-ring (bicyclic) bond motifs is 1. The first-order valence-electron chi connectivity index (χ1n) is 8.86. The highest BCUT2D eigenvalue weighted by Gasteiger charge is 2.17. The summed E-state index contributed by atoms with van der Waals surface area (Å²) in [6, 6.07) is 17.9. The van der Waals surface area contributed by atoms with Crippen molar-refractivity contribution in [3.8, 4) is 0 Å². The fourth-order valence-corrected chi connectivity index (χ4v) is 4.67. The number of non-ortho nitro benzene ring substituents is 1. The van der Waals surface area contributed by atoms with Gasteiger partial charge in [0.15, 0.2) is 5.13 Å². The van der Waals surface area contributed by atoms with Crippen molar-refractivity contribution in [3.63, 3.8) is 0 Å². The Morgan fingerprint density at radius 3 is 2.29 bits per heavy atom. The summed E-state index contributed by atoms with van der Waals surface area (Å²) >= 11 is 1.35. The van der Waals surface area contributed by atoms with Crippen molar-refractivity contribution in [2.45, 2.75) is 4.90 Å². The van der Waals surface area contributed by atoms with E-state index < -0.39 is 14.9 Å². The fraction of sp³-hybridized carbons (Fsp3) is 0. The number of aromatic nitrogens is 1. The summed E-state index contributed by atoms with van der Waals surface area (Å²) in [4.78, 5) is 26.8. The van der Waals surface area contributed by atoms with E-state index in [-0.39, 0.29) is 22.2 Å². The zero-order chi connectivity index (χ0) is 22.0. The van der Waals surface area contributed by atoms with Crippen LogP contribution in [0.3, 0.4) is 0 Å². The maximum absolute atomic E-state index is 12.5. The standard InChI is InChI=1S/C20H14N4O5S2/c25-19(22-20-21-17-3-1-2-4-18(17)30-20)13-5-7-14(8-6-13)23-31(28,29)16-11-9-15(10-12-16)24(26)27/h1-12,23H,(H,21,22,25). The normalized spacial score (nSPS) is 11.2. The van der Waals surface area contributed by atoms with E-state index in [9.17, 15) is 23.3 Å². The smallest absolute Gasteiger partial charge is 0.269 e. The lowest BCUT2D eigenvalue weighted by Gasteiger charge is -2.09. The number of carbonyl (C=O) groups excluding carboxylic acids is 1. The van der Waals surface area contributed by atoms with Gasteiger partial charge >= 0.3 is 0 Å². The van der Waals surface area contributed by atoms with Gasteiger partial charge in [0.2, 0.25) is 0 Å². The number of hydrogen-bond donors (Lipinski definition) is 2. The second-order valence-electron chi connectivity index (χ2n) is 6.37. The minimum atomic E-state index is -3.93. The van der Waals surface area contributed by atoms with E-state index >= 15 is 0 Å². The van der Waals surface area contributed by atoms with Gasteiger partial charge < -0.3 is 0 Å². The largest absolute Gasteiger partial charge is 0.298 e. The molecule has 4 aromatic rings. The molecule has 11 heteroatoms. The Balaban J connectivity index is 1.45. The van der Waals surface area contributed by atoms with Gasteiger partial charge in [0, 0.05) is 23.4 Å². The van der Waals surface area contributed by atoms with Crippen LogP contribution < -0.4 is 10.0 Å². The average molecular weight is 454 g/mol. The number of nitro benzene ring substituents is 1. The summed E-state index contributed by atoms with van der Waals surface area (Å²) in [6.45, 7) is 0. The number of sulfonamides is 1. The Hall–Kier alpha value is -3.83. The molecular weight excluding hydrogens is 440 g/mol. The number of hydrogen-bond acceptors (Lipinski definition) is 7. The van der Waals surface area contributed by atoms with Crippen molar-refractivity contribution in [1.82, 2.24) is 4.98 Å². The van der Waals surface area contributed by atoms with E-state index in [2.05, 4.69) is 15.0 Å². The molecule has 0 radical (unpaired) electrons. The summed E-state index contributed by atoms with van der Waals surface area (Å²) < 4.78 is 28.3. The molecule has 0 fully saturated rings. The van der Waals surface area contributed by atoms with Crippen molar-refractivity contribution in [2.75, 3.05) is 10.0 Å². The molecule has 3 aromatic carbocycles. The van der Waals surface area contributed by atoms with Gasteiger partial charge in [-0.1, -0.05) is 23.5 Å². The van der Waals surface area contributed by atoms with Gasteiger partial charge in [-0.25, -0.2) is 13.4 Å². The lowest BCUT2D eigenvalue weighted by Crippen LogP contribution is -2.14. The van der Waals surface area contributed by atoms with E-state index in [1.165, 1.54) is 35.6 Å². The number of amides is 1. The topological polar surface area (TPSA) is 131 Å². The molecule has 31 heavy (non-hydrogen) atoms. The fourth-order valence-electron chi connectivity index (χ4n) is 2.75. The molecule has 0 atom stereocenters. The van der Waals surface area contributed by atoms with E-state index in [1.54, 1.807) is 0 Å². The highest BCUT2D eigenvalue weighted by atomic mass is 32.2. The zero-order valence-electron chi connectivity index (χ0n) is 15.7. The van der Waals surface area contributed by atoms with Crippen molar-refractivity contribution in [2.24, 2.45) is 0 Å². The second kappa shape index (κ2) is 8.13. The number of nitrogens with zero attached hydrogens (tertiary/aromatic N) is 2. The van der Waals surface area contributed by atoms with Gasteiger partial charge in [-0.3, -0.25) is 24.9 Å². The quantitative estimate of drug-likeness (QED) is 0.331. The number of rotatable bonds is 6. The predicted octanol–water partition coefficient (Wildman–Crippen LogP) is 4.26. The highest BCUT2D eigenvalue weighted by Crippen LogP contribution is 2.26. The summed E-state index contributed by atoms with van der Waals surface area (Å²) in [5.41, 5.74) is 1.16. The van der Waals surface area contributed by atoms with E-state index in [1.807, 2.05) is 24.3 Å². The summed E-state index contributed by atoms with van der Waals surface area (Å²) in [7, 11) is -3.93. The molecule has 156 valence electrons. The maximum atomic E-state index is 12.5. The van der Waals surface area contributed by atoms with Crippen LogP contribution in [0.15, 0.2) is 77.7 Å². The Kier molecular flexibility index (Phi) is 5.36. The van der Waals surface area contributed by atoms with Crippen LogP contribution in [0.5, 0.6) is 0 Å². The average Bonchev–Trinajstić information content (AvgIpc) is 3.16. The van der Waals surface area contributed by atoms with Crippen LogP contribution in [0.1, 0.15) is 10.4 Å². The van der Waals surface area contributed by atoms with Crippen molar-refractivity contribution < 1.29 is 18.1 Å². The molecule has 1 amide bonds. The Labute approximate surface area is 180 Å². The van der Waals surface area contributed by atoms with E-state index in [0.717, 1.165) is 34.5 Å². The van der Waals surface area contributed by atoms with E-state index in [4.69, 9.17) is 0 Å². The Morgan fingerprint density at radius 2 is 1.65 bits per heavy atom. The molecule has 0 saturated heterocycles. The van der Waals surface area contributed by atoms with Gasteiger partial charge in [-0.2, -0.15) is 0 Å². The van der Waals surface area contributed by atoms with Gasteiger partial charge in [0.1, 0.15) is 0 Å². The van der Waals surface area contributed by atoms with Crippen LogP contribution in [0, 0.1) is 10.1 Å². The summed E-state index contributed by atoms with van der Waals surface area (Å²) in [6.07, 6.45) is 0. The van der Waals surface area contributed by atoms with Crippen LogP contribution >= 0.6 is 11.3 Å². The molecular formula is C20H14N4O5S2. The van der Waals surface area contributed by atoms with Gasteiger partial charge in [-0.05, 0) is 48.5 Å². The molecule has 0 saturated carbocycles. The van der Waals surface area contributed by atoms with Gasteiger partial charge in [0.25, 0.3) is 21.6 Å². The molecule has 0 unspecified atom stereocenters. The van der Waals surface area contributed by atoms with Crippen molar-refractivity contribution in [3.05, 3.63) is 88.5 Å². The second-order valence-corrected chi connectivity index (χ2v) is 9.09. The number of carbonyl (C=O) groups is 1. The third-order valence-corrected chi connectivity index (χ3v) is 6.62. The van der Waals surface area contributed by atoms with Crippen LogP contribution in [0.4, 0.5) is 16.5 Å². The van der Waals surface area contributed by atoms with Gasteiger partial charge in [-0.15, -0.1) is 0 Å². The first-order valence-corrected chi connectivity index (χ1v) is 11.2. The first-order chi connectivity index (χ1) is 14.8. The highest BCUT2D eigenvalue weighted by molar-refractivity contribution is 7.92. The monoisotopic (exact) mass is 454 g/mol. The third kappa shape index (κ3) is 4.52. The molecule has 0 aliphatic carbocycles. The summed E-state index contributed by atoms with van der Waals surface area (Å²) in [5, 5.41) is 13.9. The van der Waals surface area contributed by atoms with Crippen molar-refractivity contribution in [1.29, 1.82) is 0 Å². The molecule has 9 nitrogen and oxygen atoms in total. The molecule has 1 heterocycles. The number of benzene rings is 3. The molecule has 0 bridgehead atoms. The van der Waals surface area contributed by atoms with Crippen LogP contribution in [0.25, 0.3) is 10.2 Å². The Bertz CT molecular complexity index is 1350. The third-order valence-electron chi connectivity index (χ3n) is 4.27. The molecule has 2 N–H and O–H groups in total. The van der Waals surface area contributed by atoms with Crippen LogP contribution in [0.2, 0.25) is 0 Å². The SMILES string of the molecule is O=C(Nc1nc2ccccc2s1)c1ccc(NS(=O)(=O)c2ccc([N+](=O)[O-])cc2)cc1. The molecule has 0 aliphatic heterocycles. The number of thiazole rings is 1. The molecule has 0 aliphatic rings. The predicted molar refractivity (Wildman–Crippen MR) is 118 cm³/mol. The van der Waals surface area contributed by atoms with Gasteiger partial charge in [0.05, 0.1) is 20.0 Å². The molecule has 1 aromatic heterocycles. The Morgan fingerprint density at radius 1 is 0.968 bits per heavy atom. The van der Waals surface area contributed by atoms with Crippen molar-refractivity contribution >= 4 is 54.0 Å². The minimum Gasteiger partial charge on any atom is -0.298 e. The number of para-hydroxylation sites is 1. The summed E-state index contributed by atoms with van der Waals surface area (Å²) in [5.74, 6) is -0.371. The zero-order valence-corrected chi connectivity index (χ0v) is 17.3. The van der Waals surface area contributed by atoms with Crippen LogP contribution in [-0.2, 0) is 10.0 Å². The minimum absolute atomic E-state index is 0.115. The maximum Gasteiger partial charge on any atom is 0.269 e. The van der Waals surface area contributed by atoms with Crippen LogP contribution in [-0.4, -0.2) is 24.2 Å². The number of anilines is 2. The lowest BCUT2D eigenvalue weighted by atomic mass is 10.2. The number of nitrogens with one attached hydrogen (secondary N) is 2. The first kappa shape index (κ1) is 20.4. The van der Waals surface area contributed by atoms with E-state index in [0.29, 0.717) is 10.7 Å².